The fourth-order valence-corrected chi connectivity index (χ4v) is 4.79. The summed E-state index contributed by atoms with van der Waals surface area (Å²) in [6.07, 6.45) is 0.857. The van der Waals surface area contributed by atoms with Crippen molar-refractivity contribution in [2.24, 2.45) is 0 Å². The van der Waals surface area contributed by atoms with Crippen LogP contribution >= 0.6 is 23.4 Å². The molecule has 0 saturated heterocycles. The minimum Gasteiger partial charge on any atom is -0.287 e. The zero-order valence-electron chi connectivity index (χ0n) is 16.1. The summed E-state index contributed by atoms with van der Waals surface area (Å²) in [5.74, 6) is 0. The SMILES string of the molecule is CCCn1c(SC(c2ccccc2)c2ccccc2)nc2cc(Cl)ccc2c1=O. The fraction of sp³-hybridized carbons (Fsp3) is 0.167. The van der Waals surface area contributed by atoms with Crippen LogP contribution in [0, 0.1) is 0 Å². The van der Waals surface area contributed by atoms with Gasteiger partial charge < -0.3 is 0 Å². The number of halogens is 1. The first-order valence-corrected chi connectivity index (χ1v) is 10.9. The average molecular weight is 421 g/mol. The van der Waals surface area contributed by atoms with Crippen molar-refractivity contribution < 1.29 is 0 Å². The Morgan fingerprint density at radius 2 is 1.59 bits per heavy atom. The second-order valence-corrected chi connectivity index (χ2v) is 8.34. The van der Waals surface area contributed by atoms with Crippen molar-refractivity contribution in [1.29, 1.82) is 0 Å². The van der Waals surface area contributed by atoms with Gasteiger partial charge in [0.25, 0.3) is 5.56 Å². The quantitative estimate of drug-likeness (QED) is 0.269. The summed E-state index contributed by atoms with van der Waals surface area (Å²) >= 11 is 7.77. The van der Waals surface area contributed by atoms with Crippen molar-refractivity contribution in [1.82, 2.24) is 9.55 Å². The summed E-state index contributed by atoms with van der Waals surface area (Å²) < 4.78 is 1.79. The van der Waals surface area contributed by atoms with Gasteiger partial charge in [-0.25, -0.2) is 4.98 Å². The maximum atomic E-state index is 13.2. The Hall–Kier alpha value is -2.56. The lowest BCUT2D eigenvalue weighted by molar-refractivity contribution is 0.584. The van der Waals surface area contributed by atoms with E-state index in [-0.39, 0.29) is 10.8 Å². The maximum Gasteiger partial charge on any atom is 0.262 e. The number of thioether (sulfide) groups is 1. The molecule has 0 aliphatic carbocycles. The third-order valence-corrected chi connectivity index (χ3v) is 6.30. The Morgan fingerprint density at radius 1 is 0.966 bits per heavy atom. The number of aromatic nitrogens is 2. The molecule has 0 radical (unpaired) electrons. The molecule has 3 aromatic carbocycles. The van der Waals surface area contributed by atoms with Crippen LogP contribution in [-0.2, 0) is 6.54 Å². The molecule has 0 N–H and O–H groups in total. The molecule has 1 aromatic heterocycles. The van der Waals surface area contributed by atoms with Crippen molar-refractivity contribution in [3.8, 4) is 0 Å². The molecule has 1 heterocycles. The van der Waals surface area contributed by atoms with Gasteiger partial charge in [-0.2, -0.15) is 0 Å². The third kappa shape index (κ3) is 4.24. The van der Waals surface area contributed by atoms with Gasteiger partial charge in [-0.3, -0.25) is 9.36 Å². The van der Waals surface area contributed by atoms with Crippen molar-refractivity contribution in [2.75, 3.05) is 0 Å². The average Bonchev–Trinajstić information content (AvgIpc) is 2.75. The molecule has 0 bridgehead atoms. The first-order chi connectivity index (χ1) is 14.2. The summed E-state index contributed by atoms with van der Waals surface area (Å²) in [5, 5.41) is 1.92. The normalized spacial score (nSPS) is 11.3. The number of fused-ring (bicyclic) bond motifs is 1. The van der Waals surface area contributed by atoms with Crippen molar-refractivity contribution in [3.63, 3.8) is 0 Å². The topological polar surface area (TPSA) is 34.9 Å². The molecule has 4 rings (SSSR count). The van der Waals surface area contributed by atoms with Crippen molar-refractivity contribution >= 4 is 34.3 Å². The van der Waals surface area contributed by atoms with Crippen LogP contribution < -0.4 is 5.56 Å². The molecule has 146 valence electrons. The molecule has 0 atom stereocenters. The lowest BCUT2D eigenvalue weighted by atomic mass is 10.0. The standard InChI is InChI=1S/C24H21ClN2OS/c1-2-15-27-23(28)20-14-13-19(25)16-21(20)26-24(27)29-22(17-9-5-3-6-10-17)18-11-7-4-8-12-18/h3-14,16,22H,2,15H2,1H3. The number of hydrogen-bond donors (Lipinski definition) is 0. The van der Waals surface area contributed by atoms with Crippen LogP contribution in [-0.4, -0.2) is 9.55 Å². The van der Waals surface area contributed by atoms with E-state index in [2.05, 4.69) is 31.2 Å². The van der Waals surface area contributed by atoms with Gasteiger partial charge in [0.05, 0.1) is 16.2 Å². The highest BCUT2D eigenvalue weighted by molar-refractivity contribution is 7.99. The smallest absolute Gasteiger partial charge is 0.262 e. The lowest BCUT2D eigenvalue weighted by Crippen LogP contribution is -2.23. The fourth-order valence-electron chi connectivity index (χ4n) is 3.37. The van der Waals surface area contributed by atoms with Gasteiger partial charge in [0.15, 0.2) is 5.16 Å². The van der Waals surface area contributed by atoms with E-state index in [9.17, 15) is 4.79 Å². The molecule has 29 heavy (non-hydrogen) atoms. The van der Waals surface area contributed by atoms with E-state index in [0.717, 1.165) is 6.42 Å². The zero-order valence-corrected chi connectivity index (χ0v) is 17.7. The molecule has 0 unspecified atom stereocenters. The van der Waals surface area contributed by atoms with Crippen LogP contribution in [0.5, 0.6) is 0 Å². The van der Waals surface area contributed by atoms with Crippen LogP contribution in [0.2, 0.25) is 5.02 Å². The van der Waals surface area contributed by atoms with Gasteiger partial charge in [0.2, 0.25) is 0 Å². The van der Waals surface area contributed by atoms with Gasteiger partial charge in [-0.05, 0) is 35.7 Å². The Morgan fingerprint density at radius 3 is 2.17 bits per heavy atom. The molecule has 3 nitrogen and oxygen atoms in total. The van der Waals surface area contributed by atoms with E-state index in [1.807, 2.05) is 36.4 Å². The Labute approximate surface area is 179 Å². The van der Waals surface area contributed by atoms with Crippen molar-refractivity contribution in [2.45, 2.75) is 30.3 Å². The molecule has 4 aromatic rings. The largest absolute Gasteiger partial charge is 0.287 e. The predicted octanol–water partition coefficient (Wildman–Crippen LogP) is 6.34. The van der Waals surface area contributed by atoms with E-state index in [0.29, 0.717) is 27.6 Å². The monoisotopic (exact) mass is 420 g/mol. The molecular formula is C24H21ClN2OS. The summed E-state index contributed by atoms with van der Waals surface area (Å²) in [6, 6.07) is 25.9. The van der Waals surface area contributed by atoms with Crippen LogP contribution in [0.4, 0.5) is 0 Å². The highest BCUT2D eigenvalue weighted by atomic mass is 35.5. The molecule has 0 saturated carbocycles. The Bertz CT molecular complexity index is 1140. The third-order valence-electron chi connectivity index (χ3n) is 4.76. The van der Waals surface area contributed by atoms with Crippen LogP contribution in [0.1, 0.15) is 29.7 Å². The highest BCUT2D eigenvalue weighted by Gasteiger charge is 2.20. The van der Waals surface area contributed by atoms with E-state index >= 15 is 0 Å². The first kappa shape index (κ1) is 19.7. The van der Waals surface area contributed by atoms with Gasteiger partial charge in [-0.1, -0.05) is 91.0 Å². The lowest BCUT2D eigenvalue weighted by Gasteiger charge is -2.20. The van der Waals surface area contributed by atoms with Gasteiger partial charge in [0, 0.05) is 11.6 Å². The van der Waals surface area contributed by atoms with Crippen molar-refractivity contribution in [3.05, 3.63) is 105 Å². The number of rotatable bonds is 6. The molecule has 0 aliphatic rings. The maximum absolute atomic E-state index is 13.2. The molecule has 0 amide bonds. The minimum absolute atomic E-state index is 0.0177. The molecule has 0 aliphatic heterocycles. The minimum atomic E-state index is -0.0177. The Balaban J connectivity index is 1.87. The second-order valence-electron chi connectivity index (χ2n) is 6.83. The zero-order chi connectivity index (χ0) is 20.2. The first-order valence-electron chi connectivity index (χ1n) is 9.64. The van der Waals surface area contributed by atoms with Gasteiger partial charge in [0.1, 0.15) is 0 Å². The van der Waals surface area contributed by atoms with E-state index in [1.54, 1.807) is 34.5 Å². The molecule has 0 spiro atoms. The van der Waals surface area contributed by atoms with Crippen LogP contribution in [0.3, 0.4) is 0 Å². The molecular weight excluding hydrogens is 400 g/mol. The van der Waals surface area contributed by atoms with Gasteiger partial charge >= 0.3 is 0 Å². The Kier molecular flexibility index (Phi) is 6.02. The summed E-state index contributed by atoms with van der Waals surface area (Å²) in [7, 11) is 0. The summed E-state index contributed by atoms with van der Waals surface area (Å²) in [5.41, 5.74) is 2.97. The summed E-state index contributed by atoms with van der Waals surface area (Å²) in [6.45, 7) is 2.70. The highest BCUT2D eigenvalue weighted by Crippen LogP contribution is 2.39. The van der Waals surface area contributed by atoms with Gasteiger partial charge in [-0.15, -0.1) is 0 Å². The second kappa shape index (κ2) is 8.85. The molecule has 0 fully saturated rings. The number of hydrogen-bond acceptors (Lipinski definition) is 3. The van der Waals surface area contributed by atoms with Crippen LogP contribution in [0.15, 0.2) is 88.8 Å². The number of nitrogens with zero attached hydrogens (tertiary/aromatic N) is 2. The van der Waals surface area contributed by atoms with E-state index in [4.69, 9.17) is 16.6 Å². The molecule has 5 heteroatoms. The predicted molar refractivity (Wildman–Crippen MR) is 122 cm³/mol. The van der Waals surface area contributed by atoms with E-state index in [1.165, 1.54) is 11.1 Å². The number of benzene rings is 3. The summed E-state index contributed by atoms with van der Waals surface area (Å²) in [4.78, 5) is 18.0. The van der Waals surface area contributed by atoms with E-state index < -0.39 is 0 Å². The van der Waals surface area contributed by atoms with Crippen LogP contribution in [0.25, 0.3) is 10.9 Å².